The second kappa shape index (κ2) is 4.95. The Balaban J connectivity index is 0.000000281. The molecule has 0 aromatic heterocycles. The Labute approximate surface area is 82.2 Å². The number of aliphatic imine (C=N–C) groups is 1. The molecule has 0 N–H and O–H groups in total. The monoisotopic (exact) mass is 266 g/mol. The second-order valence-corrected chi connectivity index (χ2v) is 2.74. The number of rotatable bonds is 0. The average Bonchev–Trinajstić information content (AvgIpc) is 2.55. The summed E-state index contributed by atoms with van der Waals surface area (Å²) in [5.41, 5.74) is 0. The van der Waals surface area contributed by atoms with Crippen molar-refractivity contribution in [1.82, 2.24) is 4.90 Å². The van der Waals surface area contributed by atoms with E-state index in [-0.39, 0.29) is 0 Å². The van der Waals surface area contributed by atoms with Crippen LogP contribution in [-0.4, -0.2) is 35.3 Å². The molecule has 0 unspecified atom stereocenters. The first-order valence-electron chi connectivity index (χ1n) is 4.13. The smallest absolute Gasteiger partial charge is 0.0989 e. The van der Waals surface area contributed by atoms with E-state index in [1.54, 1.807) is 0 Å². The maximum Gasteiger partial charge on any atom is 0.0989 e. The maximum atomic E-state index is 4.43. The molecule has 0 bridgehead atoms. The van der Waals surface area contributed by atoms with Crippen molar-refractivity contribution in [3.05, 3.63) is 0 Å². The summed E-state index contributed by atoms with van der Waals surface area (Å²) in [7, 11) is 0. The molecule has 64 valence electrons. The van der Waals surface area contributed by atoms with E-state index in [1.165, 1.54) is 38.2 Å². The quantitative estimate of drug-likeness (QED) is 0.483. The van der Waals surface area contributed by atoms with Gasteiger partial charge < -0.3 is 4.90 Å². The minimum absolute atomic E-state index is 1.08. The van der Waals surface area contributed by atoms with E-state index in [2.05, 4.69) is 32.5 Å². The molecular weight excluding hydrogens is 251 g/mol. The third-order valence-corrected chi connectivity index (χ3v) is 2.07. The number of amidine groups is 1. The summed E-state index contributed by atoms with van der Waals surface area (Å²) in [5, 5.41) is 0. The van der Waals surface area contributed by atoms with Crippen LogP contribution in [0.25, 0.3) is 0 Å². The second-order valence-electron chi connectivity index (χ2n) is 2.74. The third-order valence-electron chi connectivity index (χ3n) is 2.07. The number of halogens is 1. The van der Waals surface area contributed by atoms with Crippen molar-refractivity contribution in [3.63, 3.8) is 0 Å². The van der Waals surface area contributed by atoms with E-state index < -0.39 is 0 Å². The highest BCUT2D eigenvalue weighted by Gasteiger charge is 2.19. The SMILES string of the molecule is C1CN=C2CCCN2C1.CI. The number of fused-ring (bicyclic) bond motifs is 1. The number of hydrogen-bond acceptors (Lipinski definition) is 2. The molecule has 2 rings (SSSR count). The molecular formula is C8H15IN2. The summed E-state index contributed by atoms with van der Waals surface area (Å²) in [6.45, 7) is 3.60. The van der Waals surface area contributed by atoms with Gasteiger partial charge in [-0.1, -0.05) is 22.6 Å². The fourth-order valence-electron chi connectivity index (χ4n) is 1.60. The molecule has 1 saturated heterocycles. The van der Waals surface area contributed by atoms with E-state index in [4.69, 9.17) is 0 Å². The standard InChI is InChI=1S/C7H12N2.CH3I/c1-3-7-8-4-2-6-9(7)5-1;1-2/h1-6H2;1H3. The van der Waals surface area contributed by atoms with E-state index in [0.29, 0.717) is 0 Å². The van der Waals surface area contributed by atoms with Gasteiger partial charge in [0.2, 0.25) is 0 Å². The van der Waals surface area contributed by atoms with Gasteiger partial charge >= 0.3 is 0 Å². The van der Waals surface area contributed by atoms with Crippen LogP contribution in [0.3, 0.4) is 0 Å². The van der Waals surface area contributed by atoms with Crippen LogP contribution in [0.2, 0.25) is 0 Å². The molecule has 0 radical (unpaired) electrons. The Morgan fingerprint density at radius 3 is 2.73 bits per heavy atom. The minimum atomic E-state index is 1.08. The summed E-state index contributed by atoms with van der Waals surface area (Å²) in [6, 6.07) is 0. The molecule has 0 saturated carbocycles. The van der Waals surface area contributed by atoms with Crippen LogP contribution < -0.4 is 0 Å². The van der Waals surface area contributed by atoms with Crippen LogP contribution in [-0.2, 0) is 0 Å². The maximum absolute atomic E-state index is 4.43. The molecule has 11 heavy (non-hydrogen) atoms. The lowest BCUT2D eigenvalue weighted by Crippen LogP contribution is -2.29. The van der Waals surface area contributed by atoms with Crippen LogP contribution in [0.5, 0.6) is 0 Å². The Morgan fingerprint density at radius 1 is 1.27 bits per heavy atom. The van der Waals surface area contributed by atoms with E-state index in [0.717, 1.165) is 6.54 Å². The van der Waals surface area contributed by atoms with Gasteiger partial charge in [-0.2, -0.15) is 0 Å². The van der Waals surface area contributed by atoms with Gasteiger partial charge in [-0.15, -0.1) is 0 Å². The summed E-state index contributed by atoms with van der Waals surface area (Å²) >= 11 is 2.15. The Kier molecular flexibility index (Phi) is 4.18. The first-order valence-corrected chi connectivity index (χ1v) is 6.28. The van der Waals surface area contributed by atoms with Crippen LogP contribution in [0.1, 0.15) is 19.3 Å². The van der Waals surface area contributed by atoms with Gasteiger partial charge in [-0.3, -0.25) is 4.99 Å². The highest BCUT2D eigenvalue weighted by molar-refractivity contribution is 14.1. The van der Waals surface area contributed by atoms with Gasteiger partial charge in [-0.25, -0.2) is 0 Å². The molecule has 2 aliphatic rings. The molecule has 0 atom stereocenters. The van der Waals surface area contributed by atoms with Crippen molar-refractivity contribution < 1.29 is 0 Å². The van der Waals surface area contributed by atoms with Crippen molar-refractivity contribution in [1.29, 1.82) is 0 Å². The van der Waals surface area contributed by atoms with Gasteiger partial charge in [0.1, 0.15) is 0 Å². The Morgan fingerprint density at radius 2 is 2.00 bits per heavy atom. The molecule has 2 aliphatic heterocycles. The zero-order valence-corrected chi connectivity index (χ0v) is 9.17. The fraction of sp³-hybridized carbons (Fsp3) is 0.875. The van der Waals surface area contributed by atoms with E-state index >= 15 is 0 Å². The molecule has 0 spiro atoms. The molecule has 0 aromatic carbocycles. The van der Waals surface area contributed by atoms with Crippen LogP contribution in [0, 0.1) is 0 Å². The first-order chi connectivity index (χ1) is 5.47. The third kappa shape index (κ3) is 2.32. The predicted octanol–water partition coefficient (Wildman–Crippen LogP) is 1.94. The van der Waals surface area contributed by atoms with Crippen molar-refractivity contribution in [2.45, 2.75) is 19.3 Å². The molecule has 0 amide bonds. The van der Waals surface area contributed by atoms with Gasteiger partial charge in [0.05, 0.1) is 5.84 Å². The van der Waals surface area contributed by atoms with Crippen LogP contribution in [0.15, 0.2) is 4.99 Å². The summed E-state index contributed by atoms with van der Waals surface area (Å²) in [6.07, 6.45) is 3.84. The highest BCUT2D eigenvalue weighted by Crippen LogP contribution is 2.14. The van der Waals surface area contributed by atoms with Crippen LogP contribution >= 0.6 is 22.6 Å². The van der Waals surface area contributed by atoms with Crippen molar-refractivity contribution >= 4 is 28.4 Å². The molecule has 0 aromatic rings. The highest BCUT2D eigenvalue weighted by atomic mass is 127. The predicted molar refractivity (Wildman–Crippen MR) is 57.7 cm³/mol. The normalized spacial score (nSPS) is 21.6. The summed E-state index contributed by atoms with van der Waals surface area (Å²) < 4.78 is 0. The molecule has 3 heteroatoms. The van der Waals surface area contributed by atoms with Gasteiger partial charge in [0.15, 0.2) is 0 Å². The lowest BCUT2D eigenvalue weighted by molar-refractivity contribution is 0.427. The van der Waals surface area contributed by atoms with Gasteiger partial charge in [-0.05, 0) is 17.8 Å². The van der Waals surface area contributed by atoms with Gasteiger partial charge in [0, 0.05) is 26.1 Å². The van der Waals surface area contributed by atoms with E-state index in [9.17, 15) is 0 Å². The first kappa shape index (κ1) is 9.29. The lowest BCUT2D eigenvalue weighted by Gasteiger charge is -2.21. The van der Waals surface area contributed by atoms with Crippen LogP contribution in [0.4, 0.5) is 0 Å². The van der Waals surface area contributed by atoms with Gasteiger partial charge in [0.25, 0.3) is 0 Å². The number of nitrogens with zero attached hydrogens (tertiary/aromatic N) is 2. The summed E-state index contributed by atoms with van der Waals surface area (Å²) in [5.74, 6) is 1.38. The minimum Gasteiger partial charge on any atom is -0.360 e. The van der Waals surface area contributed by atoms with Crippen molar-refractivity contribution in [2.24, 2.45) is 4.99 Å². The van der Waals surface area contributed by atoms with E-state index in [1.807, 2.05) is 4.93 Å². The molecule has 1 fully saturated rings. The zero-order chi connectivity index (χ0) is 8.10. The number of alkyl halides is 1. The fourth-order valence-corrected chi connectivity index (χ4v) is 1.60. The molecule has 2 heterocycles. The largest absolute Gasteiger partial charge is 0.360 e. The molecule has 2 nitrogen and oxygen atoms in total. The van der Waals surface area contributed by atoms with Crippen molar-refractivity contribution in [3.8, 4) is 0 Å². The lowest BCUT2D eigenvalue weighted by atomic mass is 10.3. The topological polar surface area (TPSA) is 15.6 Å². The summed E-state index contributed by atoms with van der Waals surface area (Å²) in [4.78, 5) is 8.82. The van der Waals surface area contributed by atoms with Crippen molar-refractivity contribution in [2.75, 3.05) is 24.6 Å². The average molecular weight is 266 g/mol. The Hall–Kier alpha value is 0.200. The Bertz CT molecular complexity index is 145. The zero-order valence-electron chi connectivity index (χ0n) is 7.02. The number of hydrogen-bond donors (Lipinski definition) is 0. The molecule has 0 aliphatic carbocycles.